The summed E-state index contributed by atoms with van der Waals surface area (Å²) in [6, 6.07) is 7.93. The average Bonchev–Trinajstić information content (AvgIpc) is 2.70. The lowest BCUT2D eigenvalue weighted by molar-refractivity contribution is 0.0793. The topological polar surface area (TPSA) is 53.1 Å². The second-order valence-corrected chi connectivity index (χ2v) is 11.1. The first-order chi connectivity index (χ1) is 10.3. The maximum Gasteiger partial charge on any atom is 0.139 e. The number of ether oxygens (including phenoxy) is 1. The zero-order valence-electron chi connectivity index (χ0n) is 14.2. The van der Waals surface area contributed by atoms with E-state index in [0.29, 0.717) is 6.73 Å². The molecule has 0 aliphatic rings. The number of aromatic nitrogens is 2. The number of rotatable bonds is 6. The number of nitrogens with two attached hydrogens (primary N) is 1. The van der Waals surface area contributed by atoms with Gasteiger partial charge in [-0.15, -0.1) is 0 Å². The highest BCUT2D eigenvalue weighted by Gasteiger charge is 2.13. The standard InChI is InChI=1S/C17H27N3OS/c1-13-17(15-6-8-16(18)9-7-15)14(2)20(19-13)12-21-10-11-22(3,4)5/h6-9H,10-12,18H2,1-5H3. The minimum Gasteiger partial charge on any atom is -0.399 e. The molecule has 0 aliphatic heterocycles. The number of hydrogen-bond acceptors (Lipinski definition) is 3. The van der Waals surface area contributed by atoms with Crippen molar-refractivity contribution in [3.05, 3.63) is 35.7 Å². The van der Waals surface area contributed by atoms with Gasteiger partial charge in [0.05, 0.1) is 12.3 Å². The molecular formula is C17H27N3OS. The van der Waals surface area contributed by atoms with Crippen LogP contribution < -0.4 is 5.73 Å². The fourth-order valence-electron chi connectivity index (χ4n) is 2.35. The Bertz CT molecular complexity index is 627. The van der Waals surface area contributed by atoms with Crippen molar-refractivity contribution in [3.8, 4) is 11.1 Å². The van der Waals surface area contributed by atoms with Crippen molar-refractivity contribution in [2.24, 2.45) is 0 Å². The predicted octanol–water partition coefficient (Wildman–Crippen LogP) is 3.42. The molecule has 0 bridgehead atoms. The van der Waals surface area contributed by atoms with Gasteiger partial charge in [-0.1, -0.05) is 12.1 Å². The van der Waals surface area contributed by atoms with Gasteiger partial charge >= 0.3 is 0 Å². The molecule has 4 nitrogen and oxygen atoms in total. The number of anilines is 1. The third-order valence-electron chi connectivity index (χ3n) is 3.63. The van der Waals surface area contributed by atoms with Crippen LogP contribution in [0.25, 0.3) is 11.1 Å². The monoisotopic (exact) mass is 321 g/mol. The molecule has 1 aromatic heterocycles. The van der Waals surface area contributed by atoms with E-state index in [9.17, 15) is 0 Å². The van der Waals surface area contributed by atoms with Crippen molar-refractivity contribution in [1.29, 1.82) is 0 Å². The van der Waals surface area contributed by atoms with Crippen LogP contribution in [0.3, 0.4) is 0 Å². The maximum absolute atomic E-state index is 5.80. The average molecular weight is 321 g/mol. The molecule has 0 radical (unpaired) electrons. The summed E-state index contributed by atoms with van der Waals surface area (Å²) in [7, 11) is -0.505. The predicted molar refractivity (Wildman–Crippen MR) is 97.7 cm³/mol. The molecule has 0 amide bonds. The molecule has 122 valence electrons. The summed E-state index contributed by atoms with van der Waals surface area (Å²) < 4.78 is 7.74. The first kappa shape index (κ1) is 16.9. The zero-order valence-corrected chi connectivity index (χ0v) is 15.0. The summed E-state index contributed by atoms with van der Waals surface area (Å²) in [6.07, 6.45) is 6.91. The molecular weight excluding hydrogens is 294 g/mol. The Morgan fingerprint density at radius 3 is 2.36 bits per heavy atom. The van der Waals surface area contributed by atoms with Gasteiger partial charge in [0.25, 0.3) is 0 Å². The van der Waals surface area contributed by atoms with Gasteiger partial charge in [0.1, 0.15) is 6.73 Å². The number of hydrogen-bond donors (Lipinski definition) is 1. The number of aryl methyl sites for hydroxylation is 1. The minimum atomic E-state index is -0.505. The van der Waals surface area contributed by atoms with Crippen LogP contribution in [-0.2, 0) is 11.5 Å². The van der Waals surface area contributed by atoms with Gasteiger partial charge < -0.3 is 10.5 Å². The zero-order chi connectivity index (χ0) is 16.3. The summed E-state index contributed by atoms with van der Waals surface area (Å²) in [4.78, 5) is 0. The van der Waals surface area contributed by atoms with Gasteiger partial charge in [-0.25, -0.2) is 14.7 Å². The largest absolute Gasteiger partial charge is 0.399 e. The van der Waals surface area contributed by atoms with Crippen molar-refractivity contribution >= 4 is 15.7 Å². The van der Waals surface area contributed by atoms with E-state index in [2.05, 4.69) is 30.8 Å². The molecule has 2 aromatic rings. The number of nitrogens with zero attached hydrogens (tertiary/aromatic N) is 2. The lowest BCUT2D eigenvalue weighted by Gasteiger charge is -2.24. The number of benzene rings is 1. The van der Waals surface area contributed by atoms with E-state index in [4.69, 9.17) is 10.5 Å². The Hall–Kier alpha value is -1.46. The molecule has 0 unspecified atom stereocenters. The van der Waals surface area contributed by atoms with E-state index in [1.54, 1.807) is 0 Å². The van der Waals surface area contributed by atoms with E-state index in [0.717, 1.165) is 35.0 Å². The van der Waals surface area contributed by atoms with Crippen LogP contribution in [0.4, 0.5) is 5.69 Å². The fourth-order valence-corrected chi connectivity index (χ4v) is 2.97. The Morgan fingerprint density at radius 1 is 1.14 bits per heavy atom. The molecule has 0 spiro atoms. The van der Waals surface area contributed by atoms with Crippen LogP contribution in [0.1, 0.15) is 11.4 Å². The van der Waals surface area contributed by atoms with Crippen molar-refractivity contribution in [3.63, 3.8) is 0 Å². The summed E-state index contributed by atoms with van der Waals surface area (Å²) in [5.74, 6) is 1.12. The summed E-state index contributed by atoms with van der Waals surface area (Å²) in [5.41, 5.74) is 11.0. The Morgan fingerprint density at radius 2 is 1.77 bits per heavy atom. The van der Waals surface area contributed by atoms with E-state index in [1.807, 2.05) is 35.9 Å². The molecule has 0 fully saturated rings. The molecule has 2 N–H and O–H groups in total. The van der Waals surface area contributed by atoms with Gasteiger partial charge in [-0.2, -0.15) is 5.10 Å². The lowest BCUT2D eigenvalue weighted by Crippen LogP contribution is -2.11. The molecule has 0 aliphatic carbocycles. The van der Waals surface area contributed by atoms with E-state index >= 15 is 0 Å². The molecule has 2 rings (SSSR count). The van der Waals surface area contributed by atoms with E-state index < -0.39 is 10.0 Å². The highest BCUT2D eigenvalue weighted by molar-refractivity contribution is 8.32. The van der Waals surface area contributed by atoms with Crippen molar-refractivity contribution in [2.75, 3.05) is 36.9 Å². The Labute approximate surface area is 135 Å². The summed E-state index contributed by atoms with van der Waals surface area (Å²) in [5, 5.41) is 4.61. The molecule has 22 heavy (non-hydrogen) atoms. The first-order valence-electron chi connectivity index (χ1n) is 7.41. The highest BCUT2D eigenvalue weighted by Crippen LogP contribution is 2.33. The highest BCUT2D eigenvalue weighted by atomic mass is 32.3. The van der Waals surface area contributed by atoms with Crippen molar-refractivity contribution < 1.29 is 4.74 Å². The van der Waals surface area contributed by atoms with Gasteiger partial charge in [0, 0.05) is 22.7 Å². The molecule has 0 atom stereocenters. The van der Waals surface area contributed by atoms with Crippen LogP contribution >= 0.6 is 10.0 Å². The fraction of sp³-hybridized carbons (Fsp3) is 0.471. The van der Waals surface area contributed by atoms with Gasteiger partial charge in [0.2, 0.25) is 0 Å². The SMILES string of the molecule is Cc1nn(COCCS(C)(C)C)c(C)c1-c1ccc(N)cc1. The third-order valence-corrected chi connectivity index (χ3v) is 5.03. The lowest BCUT2D eigenvalue weighted by atomic mass is 10.0. The second kappa shape index (κ2) is 6.75. The Balaban J connectivity index is 2.09. The van der Waals surface area contributed by atoms with Gasteiger partial charge in [-0.3, -0.25) is 0 Å². The summed E-state index contributed by atoms with van der Waals surface area (Å²) >= 11 is 0. The normalized spacial score (nSPS) is 12.6. The van der Waals surface area contributed by atoms with Gasteiger partial charge in [-0.05, 0) is 50.3 Å². The molecule has 5 heteroatoms. The first-order valence-corrected chi connectivity index (χ1v) is 10.4. The third kappa shape index (κ3) is 4.27. The van der Waals surface area contributed by atoms with Crippen LogP contribution in [0.15, 0.2) is 24.3 Å². The second-order valence-electron chi connectivity index (χ2n) is 6.50. The van der Waals surface area contributed by atoms with Gasteiger partial charge in [0.15, 0.2) is 0 Å². The molecule has 1 heterocycles. The molecule has 1 aromatic carbocycles. The van der Waals surface area contributed by atoms with Crippen LogP contribution in [0.2, 0.25) is 0 Å². The maximum atomic E-state index is 5.80. The minimum absolute atomic E-state index is 0.505. The van der Waals surface area contributed by atoms with Crippen molar-refractivity contribution in [1.82, 2.24) is 9.78 Å². The van der Waals surface area contributed by atoms with Crippen LogP contribution in [0.5, 0.6) is 0 Å². The molecule has 0 saturated carbocycles. The Kier molecular flexibility index (Phi) is 5.19. The van der Waals surface area contributed by atoms with Crippen molar-refractivity contribution in [2.45, 2.75) is 20.6 Å². The number of nitrogen functional groups attached to an aromatic ring is 1. The van der Waals surface area contributed by atoms with E-state index in [-0.39, 0.29) is 0 Å². The van der Waals surface area contributed by atoms with Crippen LogP contribution in [-0.4, -0.2) is 40.9 Å². The molecule has 0 saturated heterocycles. The summed E-state index contributed by atoms with van der Waals surface area (Å²) in [6.45, 7) is 5.42. The quantitative estimate of drug-likeness (QED) is 0.655. The smallest absolute Gasteiger partial charge is 0.139 e. The van der Waals surface area contributed by atoms with E-state index in [1.165, 1.54) is 5.56 Å². The van der Waals surface area contributed by atoms with Crippen LogP contribution in [0, 0.1) is 13.8 Å².